The number of esters is 1. The zero-order valence-corrected chi connectivity index (χ0v) is 12.4. The number of ether oxygens (including phenoxy) is 1. The largest absolute Gasteiger partial charge is 0.460 e. The van der Waals surface area contributed by atoms with Gasteiger partial charge >= 0.3 is 5.97 Å². The van der Waals surface area contributed by atoms with Gasteiger partial charge in [-0.05, 0) is 44.4 Å². The molecule has 0 N–H and O–H groups in total. The van der Waals surface area contributed by atoms with Gasteiger partial charge in [-0.25, -0.2) is 0 Å². The zero-order valence-electron chi connectivity index (χ0n) is 11.7. The third-order valence-electron chi connectivity index (χ3n) is 2.92. The lowest BCUT2D eigenvalue weighted by Gasteiger charge is -2.25. The van der Waals surface area contributed by atoms with E-state index in [2.05, 4.69) is 0 Å². The number of halogens is 1. The van der Waals surface area contributed by atoms with E-state index in [1.165, 1.54) is 0 Å². The van der Waals surface area contributed by atoms with Gasteiger partial charge in [-0.3, -0.25) is 4.79 Å². The second-order valence-corrected chi connectivity index (χ2v) is 6.10. The summed E-state index contributed by atoms with van der Waals surface area (Å²) in [6, 6.07) is 7.59. The molecule has 1 rings (SSSR count). The van der Waals surface area contributed by atoms with Gasteiger partial charge in [-0.1, -0.05) is 37.6 Å². The molecule has 0 saturated carbocycles. The van der Waals surface area contributed by atoms with Crippen LogP contribution in [0.5, 0.6) is 0 Å². The monoisotopic (exact) mass is 268 g/mol. The molecule has 0 radical (unpaired) electrons. The van der Waals surface area contributed by atoms with E-state index in [4.69, 9.17) is 16.3 Å². The van der Waals surface area contributed by atoms with Gasteiger partial charge in [0.15, 0.2) is 0 Å². The number of rotatable bonds is 3. The van der Waals surface area contributed by atoms with Gasteiger partial charge in [0.1, 0.15) is 5.60 Å². The summed E-state index contributed by atoms with van der Waals surface area (Å²) in [7, 11) is 0. The average molecular weight is 269 g/mol. The van der Waals surface area contributed by atoms with E-state index >= 15 is 0 Å². The van der Waals surface area contributed by atoms with Crippen LogP contribution in [-0.4, -0.2) is 11.6 Å². The predicted molar refractivity (Wildman–Crippen MR) is 74.9 cm³/mol. The molecule has 0 amide bonds. The van der Waals surface area contributed by atoms with Crippen molar-refractivity contribution in [1.29, 1.82) is 0 Å². The minimum atomic E-state index is -0.439. The molecule has 0 fully saturated rings. The highest BCUT2D eigenvalue weighted by Gasteiger charge is 2.26. The fourth-order valence-electron chi connectivity index (χ4n) is 1.65. The molecule has 2 unspecified atom stereocenters. The molecule has 0 heterocycles. The van der Waals surface area contributed by atoms with Gasteiger partial charge in [0.05, 0.1) is 5.92 Å². The lowest BCUT2D eigenvalue weighted by molar-refractivity contribution is -0.160. The number of hydrogen-bond donors (Lipinski definition) is 0. The van der Waals surface area contributed by atoms with Crippen molar-refractivity contribution in [2.24, 2.45) is 5.92 Å². The Morgan fingerprint density at radius 3 is 2.11 bits per heavy atom. The van der Waals surface area contributed by atoms with Gasteiger partial charge in [0.25, 0.3) is 0 Å². The van der Waals surface area contributed by atoms with Crippen LogP contribution in [0.3, 0.4) is 0 Å². The fraction of sp³-hybridized carbons (Fsp3) is 0.533. The van der Waals surface area contributed by atoms with E-state index < -0.39 is 5.60 Å². The zero-order chi connectivity index (χ0) is 13.9. The van der Waals surface area contributed by atoms with Crippen LogP contribution in [0.25, 0.3) is 0 Å². The van der Waals surface area contributed by atoms with Crippen molar-refractivity contribution in [3.05, 3.63) is 34.9 Å². The molecule has 2 nitrogen and oxygen atoms in total. The molecule has 2 atom stereocenters. The van der Waals surface area contributed by atoms with Gasteiger partial charge in [0.2, 0.25) is 0 Å². The van der Waals surface area contributed by atoms with Gasteiger partial charge in [-0.2, -0.15) is 0 Å². The second kappa shape index (κ2) is 5.75. The van der Waals surface area contributed by atoms with Crippen LogP contribution in [0.4, 0.5) is 0 Å². The number of hydrogen-bond acceptors (Lipinski definition) is 2. The first-order chi connectivity index (χ1) is 8.20. The first kappa shape index (κ1) is 15.0. The predicted octanol–water partition coefficient (Wildman–Crippen LogP) is 4.42. The van der Waals surface area contributed by atoms with E-state index in [1.54, 1.807) is 0 Å². The van der Waals surface area contributed by atoms with Gasteiger partial charge in [0, 0.05) is 5.02 Å². The van der Waals surface area contributed by atoms with Crippen molar-refractivity contribution in [2.75, 3.05) is 0 Å². The van der Waals surface area contributed by atoms with Crippen LogP contribution in [0.1, 0.15) is 46.1 Å². The summed E-state index contributed by atoms with van der Waals surface area (Å²) in [6.07, 6.45) is 0. The minimum Gasteiger partial charge on any atom is -0.460 e. The van der Waals surface area contributed by atoms with Crippen molar-refractivity contribution < 1.29 is 9.53 Å². The molecule has 0 saturated heterocycles. The second-order valence-electron chi connectivity index (χ2n) is 5.66. The number of carbonyl (C=O) groups is 1. The van der Waals surface area contributed by atoms with E-state index in [0.29, 0.717) is 5.02 Å². The van der Waals surface area contributed by atoms with Crippen molar-refractivity contribution >= 4 is 17.6 Å². The Morgan fingerprint density at radius 2 is 1.67 bits per heavy atom. The number of benzene rings is 1. The van der Waals surface area contributed by atoms with Crippen LogP contribution in [0.2, 0.25) is 5.02 Å². The summed E-state index contributed by atoms with van der Waals surface area (Å²) in [6.45, 7) is 9.56. The van der Waals surface area contributed by atoms with E-state index in [-0.39, 0.29) is 17.8 Å². The summed E-state index contributed by atoms with van der Waals surface area (Å²) in [5.74, 6) is -0.229. The summed E-state index contributed by atoms with van der Waals surface area (Å²) in [4.78, 5) is 12.0. The third-order valence-corrected chi connectivity index (χ3v) is 3.18. The smallest absolute Gasteiger partial charge is 0.309 e. The van der Waals surface area contributed by atoms with Crippen LogP contribution in [0.15, 0.2) is 24.3 Å². The highest BCUT2D eigenvalue weighted by molar-refractivity contribution is 6.30. The van der Waals surface area contributed by atoms with Crippen molar-refractivity contribution in [2.45, 2.75) is 46.1 Å². The molecule has 0 aliphatic heterocycles. The van der Waals surface area contributed by atoms with Crippen molar-refractivity contribution in [3.8, 4) is 0 Å². The molecule has 0 spiro atoms. The van der Waals surface area contributed by atoms with Crippen LogP contribution in [-0.2, 0) is 9.53 Å². The van der Waals surface area contributed by atoms with Crippen molar-refractivity contribution in [3.63, 3.8) is 0 Å². The molecule has 18 heavy (non-hydrogen) atoms. The Bertz CT molecular complexity index is 403. The maximum absolute atomic E-state index is 12.0. The normalized spacial score (nSPS) is 15.0. The first-order valence-electron chi connectivity index (χ1n) is 6.19. The van der Waals surface area contributed by atoms with Gasteiger partial charge < -0.3 is 4.74 Å². The SMILES string of the molecule is CC(C(=O)OC(C)(C)C)C(C)c1ccc(Cl)cc1. The molecule has 100 valence electrons. The third kappa shape index (κ3) is 4.34. The highest BCUT2D eigenvalue weighted by atomic mass is 35.5. The molecule has 0 aromatic heterocycles. The van der Waals surface area contributed by atoms with Crippen LogP contribution < -0.4 is 0 Å². The van der Waals surface area contributed by atoms with E-state index in [0.717, 1.165) is 5.56 Å². The lowest BCUT2D eigenvalue weighted by atomic mass is 9.89. The quantitative estimate of drug-likeness (QED) is 0.759. The topological polar surface area (TPSA) is 26.3 Å². The minimum absolute atomic E-state index is 0.108. The lowest BCUT2D eigenvalue weighted by Crippen LogP contribution is -2.29. The van der Waals surface area contributed by atoms with Crippen molar-refractivity contribution in [1.82, 2.24) is 0 Å². The van der Waals surface area contributed by atoms with Gasteiger partial charge in [-0.15, -0.1) is 0 Å². The molecule has 0 aliphatic carbocycles. The summed E-state index contributed by atoms with van der Waals surface area (Å²) < 4.78 is 5.40. The molecule has 0 aliphatic rings. The fourth-order valence-corrected chi connectivity index (χ4v) is 1.78. The maximum atomic E-state index is 12.0. The first-order valence-corrected chi connectivity index (χ1v) is 6.57. The van der Waals surface area contributed by atoms with Crippen LogP contribution in [0, 0.1) is 5.92 Å². The molecule has 0 bridgehead atoms. The molecule has 1 aromatic carbocycles. The summed E-state index contributed by atoms with van der Waals surface area (Å²) >= 11 is 5.85. The Morgan fingerprint density at radius 1 is 1.17 bits per heavy atom. The highest BCUT2D eigenvalue weighted by Crippen LogP contribution is 2.27. The van der Waals surface area contributed by atoms with E-state index in [1.807, 2.05) is 58.9 Å². The van der Waals surface area contributed by atoms with E-state index in [9.17, 15) is 4.79 Å². The average Bonchev–Trinajstić information content (AvgIpc) is 2.26. The Labute approximate surface area is 114 Å². The number of carbonyl (C=O) groups excluding carboxylic acids is 1. The summed E-state index contributed by atoms with van der Waals surface area (Å²) in [5.41, 5.74) is 0.656. The Balaban J connectivity index is 2.74. The molecule has 3 heteroatoms. The maximum Gasteiger partial charge on any atom is 0.309 e. The molecule has 1 aromatic rings. The Hall–Kier alpha value is -1.02. The molecular formula is C15H21ClO2. The summed E-state index contributed by atoms with van der Waals surface area (Å²) in [5, 5.41) is 0.705. The van der Waals surface area contributed by atoms with Crippen LogP contribution >= 0.6 is 11.6 Å². The Kier molecular flexibility index (Phi) is 4.80. The standard InChI is InChI=1S/C15H21ClO2/c1-10(12-6-8-13(16)9-7-12)11(2)14(17)18-15(3,4)5/h6-11H,1-5H3. The molecular weight excluding hydrogens is 248 g/mol.